The Morgan fingerprint density at radius 2 is 1.83 bits per heavy atom. The van der Waals surface area contributed by atoms with Crippen molar-refractivity contribution in [2.75, 3.05) is 5.32 Å². The maximum absolute atomic E-state index is 13.9. The third-order valence-electron chi connectivity index (χ3n) is 5.97. The van der Waals surface area contributed by atoms with Gasteiger partial charge in [-0.05, 0) is 60.4 Å². The molecule has 2 aromatic carbocycles. The van der Waals surface area contributed by atoms with Crippen LogP contribution in [0.5, 0.6) is 0 Å². The largest absolute Gasteiger partial charge is 0.302 e. The van der Waals surface area contributed by atoms with E-state index in [9.17, 15) is 9.18 Å². The molecule has 172 valence electrons. The highest BCUT2D eigenvalue weighted by molar-refractivity contribution is 7.19. The van der Waals surface area contributed by atoms with Gasteiger partial charge in [-0.1, -0.05) is 35.6 Å². The minimum Gasteiger partial charge on any atom is -0.302 e. The number of halogens is 1. The second-order valence-corrected chi connectivity index (χ2v) is 9.37. The molecule has 0 radical (unpaired) electrons. The van der Waals surface area contributed by atoms with E-state index >= 15 is 0 Å². The predicted molar refractivity (Wildman–Crippen MR) is 135 cm³/mol. The van der Waals surface area contributed by atoms with Crippen molar-refractivity contribution in [3.8, 4) is 38.6 Å². The molecule has 0 atom stereocenters. The van der Waals surface area contributed by atoms with Crippen molar-refractivity contribution in [2.24, 2.45) is 0 Å². The summed E-state index contributed by atoms with van der Waals surface area (Å²) in [4.78, 5) is 21.6. The molecule has 0 saturated carbocycles. The van der Waals surface area contributed by atoms with Gasteiger partial charge in [0, 0.05) is 30.4 Å². The van der Waals surface area contributed by atoms with Gasteiger partial charge < -0.3 is 5.32 Å². The van der Waals surface area contributed by atoms with Crippen LogP contribution in [0.15, 0.2) is 73.1 Å². The first-order chi connectivity index (χ1) is 17.1. The molecule has 3 heterocycles. The first kappa shape index (κ1) is 21.4. The number of nitrogens with zero attached hydrogens (tertiary/aromatic N) is 4. The van der Waals surface area contributed by atoms with Crippen molar-refractivity contribution in [1.29, 1.82) is 0 Å². The Bertz CT molecular complexity index is 1570. The lowest BCUT2D eigenvalue weighted by atomic mass is 9.95. The number of carbonyl (C=O) groups is 1. The molecule has 0 aliphatic heterocycles. The minimum absolute atomic E-state index is 0.149. The van der Waals surface area contributed by atoms with E-state index < -0.39 is 0 Å². The first-order valence-corrected chi connectivity index (χ1v) is 12.0. The summed E-state index contributed by atoms with van der Waals surface area (Å²) in [7, 11) is 0. The molecule has 6 nitrogen and oxygen atoms in total. The Hall–Kier alpha value is -4.17. The van der Waals surface area contributed by atoms with E-state index in [1.54, 1.807) is 12.3 Å². The molecule has 3 aromatic heterocycles. The second kappa shape index (κ2) is 8.56. The van der Waals surface area contributed by atoms with Crippen LogP contribution in [0.3, 0.4) is 0 Å². The molecule has 0 fully saturated rings. The molecule has 6 rings (SSSR count). The molecular formula is C27H20FN5OS. The summed E-state index contributed by atoms with van der Waals surface area (Å²) < 4.78 is 15.8. The van der Waals surface area contributed by atoms with Gasteiger partial charge in [-0.3, -0.25) is 9.78 Å². The number of amides is 1. The number of benzene rings is 2. The Morgan fingerprint density at radius 3 is 2.60 bits per heavy atom. The molecule has 8 heteroatoms. The van der Waals surface area contributed by atoms with Gasteiger partial charge >= 0.3 is 0 Å². The fraction of sp³-hybridized carbons (Fsp3) is 0.111. The Balaban J connectivity index is 1.55. The van der Waals surface area contributed by atoms with Crippen LogP contribution in [0, 0.1) is 5.82 Å². The molecule has 0 spiro atoms. The van der Waals surface area contributed by atoms with Gasteiger partial charge in [-0.2, -0.15) is 5.10 Å². The van der Waals surface area contributed by atoms with Crippen molar-refractivity contribution in [2.45, 2.75) is 19.8 Å². The Morgan fingerprint density at radius 1 is 1.03 bits per heavy atom. The average molecular weight is 482 g/mol. The number of thiazole rings is 1. The molecule has 35 heavy (non-hydrogen) atoms. The summed E-state index contributed by atoms with van der Waals surface area (Å²) in [6.07, 6.45) is 5.11. The van der Waals surface area contributed by atoms with Gasteiger partial charge in [0.05, 0.1) is 27.6 Å². The number of aryl methyl sites for hydroxylation is 1. The van der Waals surface area contributed by atoms with Crippen molar-refractivity contribution in [3.63, 3.8) is 0 Å². The molecule has 0 bridgehead atoms. The molecule has 0 unspecified atom stereocenters. The summed E-state index contributed by atoms with van der Waals surface area (Å²) in [6.45, 7) is 1.48. The number of nitrogens with one attached hydrogen (secondary N) is 1. The van der Waals surface area contributed by atoms with Crippen molar-refractivity contribution >= 4 is 22.4 Å². The predicted octanol–water partition coefficient (Wildman–Crippen LogP) is 5.92. The smallest absolute Gasteiger partial charge is 0.223 e. The highest BCUT2D eigenvalue weighted by Gasteiger charge is 2.30. The summed E-state index contributed by atoms with van der Waals surface area (Å²) in [5.74, 6) is -0.424. The zero-order chi connectivity index (χ0) is 23.9. The normalized spacial score (nSPS) is 12.2. The topological polar surface area (TPSA) is 72.7 Å². The number of pyridine rings is 1. The fourth-order valence-corrected chi connectivity index (χ4v) is 5.60. The van der Waals surface area contributed by atoms with Gasteiger partial charge in [0.1, 0.15) is 5.82 Å². The summed E-state index contributed by atoms with van der Waals surface area (Å²) >= 11 is 1.46. The average Bonchev–Trinajstić information content (AvgIpc) is 3.45. The van der Waals surface area contributed by atoms with E-state index in [1.807, 2.05) is 53.3 Å². The van der Waals surface area contributed by atoms with Crippen LogP contribution in [0.2, 0.25) is 0 Å². The SMILES string of the molecule is CC(=O)Nc1nc2c(s1)-c1c(c(-c3cccnc3)nn1-c1cccc(-c3cccc(F)c3)c1)CC2. The van der Waals surface area contributed by atoms with Crippen LogP contribution >= 0.6 is 11.3 Å². The number of hydrogen-bond acceptors (Lipinski definition) is 5. The van der Waals surface area contributed by atoms with Crippen LogP contribution in [0.4, 0.5) is 9.52 Å². The summed E-state index contributed by atoms with van der Waals surface area (Å²) in [5, 5.41) is 8.45. The van der Waals surface area contributed by atoms with E-state index in [0.29, 0.717) is 5.13 Å². The number of hydrogen-bond donors (Lipinski definition) is 1. The molecule has 1 amide bonds. The number of anilines is 1. The van der Waals surface area contributed by atoms with Gasteiger partial charge in [0.2, 0.25) is 5.91 Å². The number of rotatable bonds is 4. The lowest BCUT2D eigenvalue weighted by Gasteiger charge is -2.14. The molecule has 0 saturated heterocycles. The highest BCUT2D eigenvalue weighted by Crippen LogP contribution is 2.44. The standard InChI is InChI=1S/C27H20FN5OS/c1-16(34)30-27-31-23-11-10-22-24(19-7-4-12-29-15-19)32-33(25(22)26(23)35-27)21-9-3-6-18(14-21)17-5-2-8-20(28)13-17/h2-9,12-15H,10-11H2,1H3,(H,30,31,34). The monoisotopic (exact) mass is 481 g/mol. The van der Waals surface area contributed by atoms with Crippen molar-refractivity contribution < 1.29 is 9.18 Å². The van der Waals surface area contributed by atoms with Crippen molar-refractivity contribution in [1.82, 2.24) is 19.7 Å². The molecule has 1 N–H and O–H groups in total. The van der Waals surface area contributed by atoms with Gasteiger partial charge in [0.15, 0.2) is 5.13 Å². The fourth-order valence-electron chi connectivity index (χ4n) is 4.48. The van der Waals surface area contributed by atoms with E-state index in [-0.39, 0.29) is 11.7 Å². The number of carbonyl (C=O) groups excluding carboxylic acids is 1. The van der Waals surface area contributed by atoms with E-state index in [1.165, 1.54) is 30.4 Å². The maximum Gasteiger partial charge on any atom is 0.223 e. The summed E-state index contributed by atoms with van der Waals surface area (Å²) in [5.41, 5.74) is 7.42. The van der Waals surface area contributed by atoms with Gasteiger partial charge in [-0.15, -0.1) is 0 Å². The minimum atomic E-state index is -0.275. The van der Waals surface area contributed by atoms with Crippen LogP contribution in [-0.4, -0.2) is 25.7 Å². The Kier molecular flexibility index (Phi) is 5.22. The maximum atomic E-state index is 13.9. The molecule has 5 aromatic rings. The van der Waals surface area contributed by atoms with Crippen molar-refractivity contribution in [3.05, 3.63) is 90.1 Å². The summed E-state index contributed by atoms with van der Waals surface area (Å²) in [6, 6.07) is 18.4. The third-order valence-corrected chi connectivity index (χ3v) is 6.99. The second-order valence-electron chi connectivity index (χ2n) is 8.37. The number of aromatic nitrogens is 4. The first-order valence-electron chi connectivity index (χ1n) is 11.2. The quantitative estimate of drug-likeness (QED) is 0.346. The van der Waals surface area contributed by atoms with Gasteiger partial charge in [-0.25, -0.2) is 14.1 Å². The van der Waals surface area contributed by atoms with Crippen LogP contribution in [-0.2, 0) is 17.6 Å². The molecule has 1 aliphatic carbocycles. The van der Waals surface area contributed by atoms with Crippen LogP contribution in [0.1, 0.15) is 18.2 Å². The highest BCUT2D eigenvalue weighted by atomic mass is 32.1. The lowest BCUT2D eigenvalue weighted by Crippen LogP contribution is -2.07. The number of fused-ring (bicyclic) bond motifs is 3. The zero-order valence-electron chi connectivity index (χ0n) is 18.8. The van der Waals surface area contributed by atoms with Gasteiger partial charge in [0.25, 0.3) is 0 Å². The van der Waals surface area contributed by atoms with E-state index in [4.69, 9.17) is 5.10 Å². The Labute approximate surface area is 205 Å². The van der Waals surface area contributed by atoms with E-state index in [2.05, 4.69) is 15.3 Å². The zero-order valence-corrected chi connectivity index (χ0v) is 19.6. The molecular weight excluding hydrogens is 461 g/mol. The van der Waals surface area contributed by atoms with E-state index in [0.717, 1.165) is 62.7 Å². The molecule has 1 aliphatic rings. The lowest BCUT2D eigenvalue weighted by molar-refractivity contribution is -0.114. The van der Waals surface area contributed by atoms with Crippen LogP contribution in [0.25, 0.3) is 38.6 Å². The van der Waals surface area contributed by atoms with Crippen LogP contribution < -0.4 is 5.32 Å². The third kappa shape index (κ3) is 3.91.